The lowest BCUT2D eigenvalue weighted by atomic mass is 9.84. The van der Waals surface area contributed by atoms with Crippen LogP contribution in [-0.2, 0) is 9.47 Å². The Labute approximate surface area is 119 Å². The van der Waals surface area contributed by atoms with Crippen molar-refractivity contribution in [2.24, 2.45) is 5.92 Å². The van der Waals surface area contributed by atoms with E-state index in [0.717, 1.165) is 45.3 Å². The van der Waals surface area contributed by atoms with Gasteiger partial charge >= 0.3 is 0 Å². The molecular formula is C16H33NO2. The van der Waals surface area contributed by atoms with Crippen molar-refractivity contribution >= 4 is 0 Å². The molecule has 0 heterocycles. The van der Waals surface area contributed by atoms with E-state index >= 15 is 0 Å². The first-order chi connectivity index (χ1) is 9.38. The van der Waals surface area contributed by atoms with Gasteiger partial charge in [0.25, 0.3) is 0 Å². The van der Waals surface area contributed by atoms with Gasteiger partial charge in [-0.25, -0.2) is 0 Å². The van der Waals surface area contributed by atoms with Crippen molar-refractivity contribution in [3.63, 3.8) is 0 Å². The molecule has 3 heteroatoms. The number of hydrogen-bond donors (Lipinski definition) is 1. The van der Waals surface area contributed by atoms with Crippen LogP contribution in [0.15, 0.2) is 0 Å². The van der Waals surface area contributed by atoms with Gasteiger partial charge in [0.1, 0.15) is 0 Å². The molecule has 1 aliphatic rings. The predicted molar refractivity (Wildman–Crippen MR) is 80.6 cm³/mol. The van der Waals surface area contributed by atoms with E-state index in [0.29, 0.717) is 6.04 Å². The van der Waals surface area contributed by atoms with Gasteiger partial charge in [0.2, 0.25) is 0 Å². The van der Waals surface area contributed by atoms with Crippen LogP contribution in [0.5, 0.6) is 0 Å². The molecule has 0 aliphatic heterocycles. The molecule has 1 atom stereocenters. The fourth-order valence-corrected chi connectivity index (χ4v) is 2.80. The average Bonchev–Trinajstić information content (AvgIpc) is 2.46. The Bertz CT molecular complexity index is 193. The number of rotatable bonds is 11. The Hall–Kier alpha value is -0.120. The molecule has 1 saturated carbocycles. The summed E-state index contributed by atoms with van der Waals surface area (Å²) in [6.07, 6.45) is 9.24. The van der Waals surface area contributed by atoms with Crippen molar-refractivity contribution in [2.75, 3.05) is 33.0 Å². The highest BCUT2D eigenvalue weighted by atomic mass is 16.5. The lowest BCUT2D eigenvalue weighted by molar-refractivity contribution is 0.0293. The van der Waals surface area contributed by atoms with Gasteiger partial charge < -0.3 is 14.8 Å². The van der Waals surface area contributed by atoms with Gasteiger partial charge in [-0.15, -0.1) is 0 Å². The summed E-state index contributed by atoms with van der Waals surface area (Å²) in [6.45, 7) is 8.63. The lowest BCUT2D eigenvalue weighted by Gasteiger charge is -2.31. The molecular weight excluding hydrogens is 238 g/mol. The Morgan fingerprint density at radius 3 is 2.37 bits per heavy atom. The minimum Gasteiger partial charge on any atom is -0.379 e. The number of ether oxygens (including phenoxy) is 2. The second-order valence-electron chi connectivity index (χ2n) is 5.65. The van der Waals surface area contributed by atoms with E-state index in [2.05, 4.69) is 19.2 Å². The molecule has 1 aliphatic carbocycles. The number of hydrogen-bond acceptors (Lipinski definition) is 3. The lowest BCUT2D eigenvalue weighted by Crippen LogP contribution is -2.41. The van der Waals surface area contributed by atoms with Crippen LogP contribution in [0.2, 0.25) is 0 Å². The highest BCUT2D eigenvalue weighted by molar-refractivity contribution is 4.79. The minimum absolute atomic E-state index is 0.548. The summed E-state index contributed by atoms with van der Waals surface area (Å²) in [5, 5.41) is 3.68. The first kappa shape index (κ1) is 16.9. The third kappa shape index (κ3) is 7.91. The SMILES string of the molecule is CCCNC(COCCOCCC)C1CCCCC1. The molecule has 1 N–H and O–H groups in total. The first-order valence-corrected chi connectivity index (χ1v) is 8.27. The Kier molecular flexibility index (Phi) is 10.4. The van der Waals surface area contributed by atoms with Gasteiger partial charge in [-0.05, 0) is 38.1 Å². The summed E-state index contributed by atoms with van der Waals surface area (Å²) in [4.78, 5) is 0. The Balaban J connectivity index is 2.16. The van der Waals surface area contributed by atoms with Crippen LogP contribution in [0.3, 0.4) is 0 Å². The van der Waals surface area contributed by atoms with Crippen LogP contribution in [0.4, 0.5) is 0 Å². The molecule has 0 spiro atoms. The van der Waals surface area contributed by atoms with E-state index in [4.69, 9.17) is 9.47 Å². The summed E-state index contributed by atoms with van der Waals surface area (Å²) in [6, 6.07) is 0.548. The van der Waals surface area contributed by atoms with Crippen LogP contribution in [-0.4, -0.2) is 39.0 Å². The molecule has 19 heavy (non-hydrogen) atoms. The fourth-order valence-electron chi connectivity index (χ4n) is 2.80. The third-order valence-electron chi connectivity index (χ3n) is 3.89. The largest absolute Gasteiger partial charge is 0.379 e. The molecule has 0 aromatic carbocycles. The molecule has 0 radical (unpaired) electrons. The smallest absolute Gasteiger partial charge is 0.0701 e. The van der Waals surface area contributed by atoms with Gasteiger partial charge in [-0.3, -0.25) is 0 Å². The fraction of sp³-hybridized carbons (Fsp3) is 1.00. The van der Waals surface area contributed by atoms with Gasteiger partial charge in [0.05, 0.1) is 19.8 Å². The standard InChI is InChI=1S/C16H33NO2/c1-3-10-17-16(15-8-6-5-7-9-15)14-19-13-12-18-11-4-2/h15-17H,3-14H2,1-2H3. The zero-order chi connectivity index (χ0) is 13.8. The monoisotopic (exact) mass is 271 g/mol. The van der Waals surface area contributed by atoms with Gasteiger partial charge in [-0.1, -0.05) is 33.1 Å². The van der Waals surface area contributed by atoms with Crippen molar-refractivity contribution in [3.05, 3.63) is 0 Å². The number of nitrogens with one attached hydrogen (secondary N) is 1. The van der Waals surface area contributed by atoms with E-state index < -0.39 is 0 Å². The zero-order valence-corrected chi connectivity index (χ0v) is 13.0. The normalized spacial score (nSPS) is 18.6. The van der Waals surface area contributed by atoms with Crippen molar-refractivity contribution in [1.29, 1.82) is 0 Å². The molecule has 0 saturated heterocycles. The summed E-state index contributed by atoms with van der Waals surface area (Å²) in [7, 11) is 0. The predicted octanol–water partition coefficient (Wildman–Crippen LogP) is 3.38. The van der Waals surface area contributed by atoms with Crippen LogP contribution < -0.4 is 5.32 Å². The molecule has 0 bridgehead atoms. The van der Waals surface area contributed by atoms with Crippen LogP contribution in [0.25, 0.3) is 0 Å². The van der Waals surface area contributed by atoms with Crippen LogP contribution in [0.1, 0.15) is 58.8 Å². The second kappa shape index (κ2) is 11.7. The second-order valence-corrected chi connectivity index (χ2v) is 5.65. The topological polar surface area (TPSA) is 30.5 Å². The first-order valence-electron chi connectivity index (χ1n) is 8.27. The summed E-state index contributed by atoms with van der Waals surface area (Å²) in [5.74, 6) is 0.817. The van der Waals surface area contributed by atoms with Crippen molar-refractivity contribution in [2.45, 2.75) is 64.8 Å². The third-order valence-corrected chi connectivity index (χ3v) is 3.89. The van der Waals surface area contributed by atoms with Gasteiger partial charge in [0, 0.05) is 12.6 Å². The van der Waals surface area contributed by atoms with E-state index in [-0.39, 0.29) is 0 Å². The van der Waals surface area contributed by atoms with Crippen molar-refractivity contribution < 1.29 is 9.47 Å². The maximum absolute atomic E-state index is 5.81. The minimum atomic E-state index is 0.548. The molecule has 114 valence electrons. The Morgan fingerprint density at radius 1 is 0.947 bits per heavy atom. The molecule has 1 unspecified atom stereocenters. The van der Waals surface area contributed by atoms with Crippen molar-refractivity contribution in [1.82, 2.24) is 5.32 Å². The molecule has 0 amide bonds. The molecule has 3 nitrogen and oxygen atoms in total. The maximum Gasteiger partial charge on any atom is 0.0701 e. The summed E-state index contributed by atoms with van der Waals surface area (Å²) in [5.41, 5.74) is 0. The van der Waals surface area contributed by atoms with E-state index in [1.807, 2.05) is 0 Å². The highest BCUT2D eigenvalue weighted by Gasteiger charge is 2.23. The average molecular weight is 271 g/mol. The van der Waals surface area contributed by atoms with E-state index in [1.54, 1.807) is 0 Å². The van der Waals surface area contributed by atoms with E-state index in [9.17, 15) is 0 Å². The zero-order valence-electron chi connectivity index (χ0n) is 13.0. The van der Waals surface area contributed by atoms with Crippen LogP contribution >= 0.6 is 0 Å². The van der Waals surface area contributed by atoms with Gasteiger partial charge in [0.15, 0.2) is 0 Å². The summed E-state index contributed by atoms with van der Waals surface area (Å²) < 4.78 is 11.3. The van der Waals surface area contributed by atoms with Crippen molar-refractivity contribution in [3.8, 4) is 0 Å². The highest BCUT2D eigenvalue weighted by Crippen LogP contribution is 2.26. The molecule has 1 rings (SSSR count). The molecule has 0 aromatic rings. The van der Waals surface area contributed by atoms with E-state index in [1.165, 1.54) is 38.5 Å². The molecule has 0 aromatic heterocycles. The quantitative estimate of drug-likeness (QED) is 0.584. The maximum atomic E-state index is 5.81. The van der Waals surface area contributed by atoms with Crippen LogP contribution in [0, 0.1) is 5.92 Å². The van der Waals surface area contributed by atoms with Gasteiger partial charge in [-0.2, -0.15) is 0 Å². The molecule has 1 fully saturated rings. The Morgan fingerprint density at radius 2 is 1.68 bits per heavy atom. The summed E-state index contributed by atoms with van der Waals surface area (Å²) >= 11 is 0.